The highest BCUT2D eigenvalue weighted by Crippen LogP contribution is 2.38. The van der Waals surface area contributed by atoms with E-state index in [-0.39, 0.29) is 0 Å². The van der Waals surface area contributed by atoms with Gasteiger partial charge in [0.25, 0.3) is 0 Å². The number of hydrogen-bond acceptors (Lipinski definition) is 1. The van der Waals surface area contributed by atoms with Gasteiger partial charge >= 0.3 is 0 Å². The van der Waals surface area contributed by atoms with Crippen molar-refractivity contribution in [3.05, 3.63) is 55.6 Å². The Morgan fingerprint density at radius 1 is 1.04 bits per heavy atom. The number of rotatable bonds is 5. The van der Waals surface area contributed by atoms with Crippen LogP contribution in [0.2, 0.25) is 10.0 Å². The average molecular weight is 459 g/mol. The number of nitrogens with one attached hydrogen (secondary N) is 1. The van der Waals surface area contributed by atoms with Crippen LogP contribution in [0.25, 0.3) is 22.2 Å². The smallest absolute Gasteiger partial charge is 0.0666 e. The fourth-order valence-electron chi connectivity index (χ4n) is 2.88. The van der Waals surface area contributed by atoms with Crippen LogP contribution < -0.4 is 5.73 Å². The summed E-state index contributed by atoms with van der Waals surface area (Å²) in [6.45, 7) is 0.704. The lowest BCUT2D eigenvalue weighted by Crippen LogP contribution is -1.99. The van der Waals surface area contributed by atoms with E-state index < -0.39 is 0 Å². The zero-order chi connectivity index (χ0) is 16.4. The predicted molar refractivity (Wildman–Crippen MR) is 108 cm³/mol. The van der Waals surface area contributed by atoms with Gasteiger partial charge in [0.1, 0.15) is 0 Å². The number of fused-ring (bicyclic) bond motifs is 1. The molecule has 0 radical (unpaired) electrons. The topological polar surface area (TPSA) is 41.8 Å². The third-order valence-corrected chi connectivity index (χ3v) is 5.25. The van der Waals surface area contributed by atoms with Gasteiger partial charge < -0.3 is 10.7 Å². The molecule has 0 fully saturated rings. The van der Waals surface area contributed by atoms with Crippen LogP contribution in [0.1, 0.15) is 18.4 Å². The first-order chi connectivity index (χ1) is 11.1. The summed E-state index contributed by atoms with van der Waals surface area (Å²) in [6.07, 6.45) is 2.96. The quantitative estimate of drug-likeness (QED) is 0.355. The van der Waals surface area contributed by atoms with Gasteiger partial charge in [-0.1, -0.05) is 35.3 Å². The van der Waals surface area contributed by atoms with Gasteiger partial charge in [-0.3, -0.25) is 0 Å². The van der Waals surface area contributed by atoms with Gasteiger partial charge in [0.2, 0.25) is 0 Å². The molecule has 0 saturated carbocycles. The molecule has 3 N–H and O–H groups in total. The minimum atomic E-state index is 0.696. The van der Waals surface area contributed by atoms with Crippen molar-refractivity contribution >= 4 is 56.7 Å². The summed E-state index contributed by atoms with van der Waals surface area (Å²) in [7, 11) is 0. The van der Waals surface area contributed by atoms with Crippen molar-refractivity contribution in [3.63, 3.8) is 0 Å². The number of nitrogens with two attached hydrogens (primary N) is 1. The second kappa shape index (κ2) is 7.43. The Bertz CT molecular complexity index is 842. The molecular formula is C18H17Cl2IN2. The summed E-state index contributed by atoms with van der Waals surface area (Å²) >= 11 is 15.2. The molecule has 0 bridgehead atoms. The standard InChI is InChI=1S/C18H17Cl2IN2/c19-14-7-8-15(20)18-16(14)13(6-1-2-9-22)17(23-18)11-4-3-5-12(21)10-11/h3-5,7-8,10,23H,1-2,6,9,22H2. The molecule has 1 aromatic heterocycles. The zero-order valence-electron chi connectivity index (χ0n) is 12.5. The molecular weight excluding hydrogens is 442 g/mol. The predicted octanol–water partition coefficient (Wildman–Crippen LogP) is 6.03. The Balaban J connectivity index is 2.21. The summed E-state index contributed by atoms with van der Waals surface area (Å²) in [5, 5.41) is 2.46. The van der Waals surface area contributed by atoms with Crippen LogP contribution in [-0.4, -0.2) is 11.5 Å². The number of hydrogen-bond donors (Lipinski definition) is 2. The molecule has 0 unspecified atom stereocenters. The highest BCUT2D eigenvalue weighted by atomic mass is 127. The first-order valence-corrected chi connectivity index (χ1v) is 9.40. The molecule has 1 heterocycles. The fourth-order valence-corrected chi connectivity index (χ4v) is 3.90. The molecule has 0 aliphatic rings. The summed E-state index contributed by atoms with van der Waals surface area (Å²) in [6, 6.07) is 12.1. The number of aryl methyl sites for hydroxylation is 1. The Morgan fingerprint density at radius 2 is 1.83 bits per heavy atom. The summed E-state index contributed by atoms with van der Waals surface area (Å²) in [5.41, 5.74) is 10.0. The highest BCUT2D eigenvalue weighted by molar-refractivity contribution is 14.1. The maximum absolute atomic E-state index is 6.47. The van der Waals surface area contributed by atoms with E-state index in [0.29, 0.717) is 11.6 Å². The molecule has 0 aliphatic heterocycles. The fraction of sp³-hybridized carbons (Fsp3) is 0.222. The lowest BCUT2D eigenvalue weighted by molar-refractivity contribution is 0.748. The number of unbranched alkanes of at least 4 members (excludes halogenated alkanes) is 1. The number of aromatic nitrogens is 1. The van der Waals surface area contributed by atoms with Crippen LogP contribution in [0.5, 0.6) is 0 Å². The van der Waals surface area contributed by atoms with Crippen molar-refractivity contribution in [2.45, 2.75) is 19.3 Å². The lowest BCUT2D eigenvalue weighted by atomic mass is 10.0. The van der Waals surface area contributed by atoms with E-state index in [4.69, 9.17) is 28.9 Å². The highest BCUT2D eigenvalue weighted by Gasteiger charge is 2.17. The Morgan fingerprint density at radius 3 is 2.57 bits per heavy atom. The summed E-state index contributed by atoms with van der Waals surface area (Å²) in [5.74, 6) is 0. The van der Waals surface area contributed by atoms with E-state index >= 15 is 0 Å². The molecule has 0 aliphatic carbocycles. The molecule has 2 aromatic carbocycles. The maximum Gasteiger partial charge on any atom is 0.0666 e. The van der Waals surface area contributed by atoms with Gasteiger partial charge in [-0.15, -0.1) is 0 Å². The van der Waals surface area contributed by atoms with Crippen molar-refractivity contribution in [2.75, 3.05) is 6.54 Å². The van der Waals surface area contributed by atoms with E-state index in [2.05, 4.69) is 51.8 Å². The third kappa shape index (κ3) is 3.53. The van der Waals surface area contributed by atoms with Gasteiger partial charge in [-0.05, 0) is 83.8 Å². The monoisotopic (exact) mass is 458 g/mol. The van der Waals surface area contributed by atoms with Gasteiger partial charge in [0, 0.05) is 14.7 Å². The van der Waals surface area contributed by atoms with E-state index in [9.17, 15) is 0 Å². The van der Waals surface area contributed by atoms with E-state index in [1.165, 1.54) is 9.13 Å². The zero-order valence-corrected chi connectivity index (χ0v) is 16.2. The molecule has 23 heavy (non-hydrogen) atoms. The van der Waals surface area contributed by atoms with Crippen LogP contribution in [0.4, 0.5) is 0 Å². The minimum absolute atomic E-state index is 0.696. The number of halogens is 3. The van der Waals surface area contributed by atoms with Crippen LogP contribution in [0, 0.1) is 3.57 Å². The molecule has 0 amide bonds. The van der Waals surface area contributed by atoms with E-state index in [0.717, 1.165) is 46.4 Å². The van der Waals surface area contributed by atoms with Crippen LogP contribution in [-0.2, 0) is 6.42 Å². The Kier molecular flexibility index (Phi) is 5.52. The maximum atomic E-state index is 6.47. The van der Waals surface area contributed by atoms with Gasteiger partial charge in [-0.2, -0.15) is 0 Å². The normalized spacial score (nSPS) is 11.3. The van der Waals surface area contributed by atoms with Gasteiger partial charge in [0.15, 0.2) is 0 Å². The summed E-state index contributed by atoms with van der Waals surface area (Å²) < 4.78 is 1.20. The van der Waals surface area contributed by atoms with Crippen molar-refractivity contribution in [2.24, 2.45) is 5.73 Å². The average Bonchev–Trinajstić information content (AvgIpc) is 2.92. The summed E-state index contributed by atoms with van der Waals surface area (Å²) in [4.78, 5) is 3.49. The largest absolute Gasteiger partial charge is 0.353 e. The Labute approximate surface area is 159 Å². The molecule has 3 aromatic rings. The Hall–Kier alpha value is -0.750. The molecule has 0 spiro atoms. The van der Waals surface area contributed by atoms with E-state index in [1.807, 2.05) is 12.1 Å². The molecule has 120 valence electrons. The van der Waals surface area contributed by atoms with Crippen molar-refractivity contribution < 1.29 is 0 Å². The third-order valence-electron chi connectivity index (χ3n) is 3.95. The van der Waals surface area contributed by atoms with Crippen molar-refractivity contribution in [1.29, 1.82) is 0 Å². The van der Waals surface area contributed by atoms with Crippen molar-refractivity contribution in [3.8, 4) is 11.3 Å². The number of H-pyrrole nitrogens is 1. The van der Waals surface area contributed by atoms with Crippen LogP contribution >= 0.6 is 45.8 Å². The van der Waals surface area contributed by atoms with Crippen LogP contribution in [0.15, 0.2) is 36.4 Å². The second-order valence-electron chi connectivity index (χ2n) is 5.51. The minimum Gasteiger partial charge on any atom is -0.353 e. The first kappa shape index (κ1) is 17.1. The number of benzene rings is 2. The first-order valence-electron chi connectivity index (χ1n) is 7.56. The molecule has 3 rings (SSSR count). The molecule has 5 heteroatoms. The molecule has 2 nitrogen and oxygen atoms in total. The van der Waals surface area contributed by atoms with Gasteiger partial charge in [-0.25, -0.2) is 0 Å². The number of aromatic amines is 1. The van der Waals surface area contributed by atoms with Crippen molar-refractivity contribution in [1.82, 2.24) is 4.98 Å². The molecule has 0 atom stereocenters. The van der Waals surface area contributed by atoms with Crippen LogP contribution in [0.3, 0.4) is 0 Å². The second-order valence-corrected chi connectivity index (χ2v) is 7.57. The van der Waals surface area contributed by atoms with Gasteiger partial charge in [0.05, 0.1) is 15.6 Å². The lowest BCUT2D eigenvalue weighted by Gasteiger charge is -2.06. The molecule has 0 saturated heterocycles. The SMILES string of the molecule is NCCCCc1c(-c2cccc(I)c2)[nH]c2c(Cl)ccc(Cl)c12. The van der Waals surface area contributed by atoms with E-state index in [1.54, 1.807) is 0 Å².